The lowest BCUT2D eigenvalue weighted by Crippen LogP contribution is -2.38. The molecule has 1 fully saturated rings. The monoisotopic (exact) mass is 493 g/mol. The molecular formula is C28H29ClFN3O2. The van der Waals surface area contributed by atoms with E-state index in [2.05, 4.69) is 15.5 Å². The zero-order valence-corrected chi connectivity index (χ0v) is 20.4. The van der Waals surface area contributed by atoms with Crippen LogP contribution in [-0.4, -0.2) is 29.8 Å². The second-order valence-electron chi connectivity index (χ2n) is 8.89. The second kappa shape index (κ2) is 11.5. The Morgan fingerprint density at radius 3 is 2.40 bits per heavy atom. The summed E-state index contributed by atoms with van der Waals surface area (Å²) in [4.78, 5) is 28.1. The van der Waals surface area contributed by atoms with Crippen molar-refractivity contribution in [3.8, 4) is 0 Å². The van der Waals surface area contributed by atoms with Crippen molar-refractivity contribution in [1.29, 1.82) is 0 Å². The zero-order chi connectivity index (χ0) is 24.8. The van der Waals surface area contributed by atoms with E-state index in [0.29, 0.717) is 54.3 Å². The van der Waals surface area contributed by atoms with E-state index in [1.54, 1.807) is 36.4 Å². The predicted octanol–water partition coefficient (Wildman–Crippen LogP) is 5.82. The number of anilines is 1. The van der Waals surface area contributed by atoms with Crippen LogP contribution in [0.15, 0.2) is 72.8 Å². The SMILES string of the molecule is C[C@@H](NC(=O)c1ccccc1NC(=O)C1CCN(Cc2c(F)cccc2Cl)CC1)c1ccccc1. The number of nitrogens with zero attached hydrogens (tertiary/aromatic N) is 1. The van der Waals surface area contributed by atoms with E-state index in [1.165, 1.54) is 6.07 Å². The molecule has 1 aliphatic heterocycles. The summed E-state index contributed by atoms with van der Waals surface area (Å²) in [5.74, 6) is -0.839. The Kier molecular flexibility index (Phi) is 8.16. The maximum atomic E-state index is 14.1. The van der Waals surface area contributed by atoms with Gasteiger partial charge in [-0.05, 0) is 62.7 Å². The van der Waals surface area contributed by atoms with Gasteiger partial charge in [0.1, 0.15) is 5.82 Å². The average molecular weight is 494 g/mol. The molecule has 0 unspecified atom stereocenters. The molecule has 35 heavy (non-hydrogen) atoms. The van der Waals surface area contributed by atoms with Crippen molar-refractivity contribution >= 4 is 29.1 Å². The van der Waals surface area contributed by atoms with E-state index >= 15 is 0 Å². The van der Waals surface area contributed by atoms with Crippen LogP contribution in [0.2, 0.25) is 5.02 Å². The fourth-order valence-electron chi connectivity index (χ4n) is 4.38. The number of likely N-dealkylation sites (tertiary alicyclic amines) is 1. The minimum Gasteiger partial charge on any atom is -0.345 e. The lowest BCUT2D eigenvalue weighted by molar-refractivity contribution is -0.121. The van der Waals surface area contributed by atoms with E-state index in [4.69, 9.17) is 11.6 Å². The van der Waals surface area contributed by atoms with Gasteiger partial charge in [-0.25, -0.2) is 4.39 Å². The smallest absolute Gasteiger partial charge is 0.253 e. The normalized spacial score (nSPS) is 15.4. The molecule has 182 valence electrons. The van der Waals surface area contributed by atoms with E-state index in [0.717, 1.165) is 5.56 Å². The second-order valence-corrected chi connectivity index (χ2v) is 9.30. The summed E-state index contributed by atoms with van der Waals surface area (Å²) in [6, 6.07) is 21.3. The van der Waals surface area contributed by atoms with E-state index < -0.39 is 0 Å². The van der Waals surface area contributed by atoms with Crippen LogP contribution in [0.5, 0.6) is 0 Å². The van der Waals surface area contributed by atoms with Crippen molar-refractivity contribution in [2.75, 3.05) is 18.4 Å². The van der Waals surface area contributed by atoms with Gasteiger partial charge in [-0.1, -0.05) is 60.1 Å². The zero-order valence-electron chi connectivity index (χ0n) is 19.6. The standard InChI is InChI=1S/C28H29ClFN3O2/c1-19(20-8-3-2-4-9-20)31-28(35)22-10-5-6-13-26(22)32-27(34)21-14-16-33(17-15-21)18-23-24(29)11-7-12-25(23)30/h2-13,19,21H,14-18H2,1H3,(H,31,35)(H,32,34)/t19-/m1/s1. The number of carbonyl (C=O) groups is 2. The molecule has 7 heteroatoms. The lowest BCUT2D eigenvalue weighted by Gasteiger charge is -2.31. The van der Waals surface area contributed by atoms with Gasteiger partial charge in [0.2, 0.25) is 5.91 Å². The number of para-hydroxylation sites is 1. The van der Waals surface area contributed by atoms with E-state index in [9.17, 15) is 14.0 Å². The molecule has 3 aromatic rings. The first-order valence-corrected chi connectivity index (χ1v) is 12.2. The molecule has 5 nitrogen and oxygen atoms in total. The van der Waals surface area contributed by atoms with Gasteiger partial charge in [-0.3, -0.25) is 14.5 Å². The van der Waals surface area contributed by atoms with Gasteiger partial charge in [-0.15, -0.1) is 0 Å². The Hall–Kier alpha value is -3.22. The van der Waals surface area contributed by atoms with Crippen LogP contribution >= 0.6 is 11.6 Å². The van der Waals surface area contributed by atoms with Crippen LogP contribution in [-0.2, 0) is 11.3 Å². The van der Waals surface area contributed by atoms with Crippen LogP contribution in [0.3, 0.4) is 0 Å². The first kappa shape index (κ1) is 24.9. The van der Waals surface area contributed by atoms with Gasteiger partial charge < -0.3 is 10.6 Å². The first-order valence-electron chi connectivity index (χ1n) is 11.8. The van der Waals surface area contributed by atoms with Crippen LogP contribution in [0.1, 0.15) is 47.3 Å². The fraction of sp³-hybridized carbons (Fsp3) is 0.286. The number of piperidine rings is 1. The van der Waals surface area contributed by atoms with Gasteiger partial charge in [0.25, 0.3) is 5.91 Å². The van der Waals surface area contributed by atoms with Crippen molar-refractivity contribution in [2.45, 2.75) is 32.4 Å². The van der Waals surface area contributed by atoms with E-state index in [1.807, 2.05) is 37.3 Å². The number of rotatable bonds is 7. The number of hydrogen-bond donors (Lipinski definition) is 2. The molecule has 0 saturated carbocycles. The molecule has 0 aromatic heterocycles. The predicted molar refractivity (Wildman–Crippen MR) is 137 cm³/mol. The van der Waals surface area contributed by atoms with Gasteiger partial charge in [0, 0.05) is 23.0 Å². The van der Waals surface area contributed by atoms with Crippen LogP contribution in [0, 0.1) is 11.7 Å². The molecule has 0 spiro atoms. The van der Waals surface area contributed by atoms with Crippen molar-refractivity contribution < 1.29 is 14.0 Å². The molecule has 0 aliphatic carbocycles. The molecule has 1 aliphatic rings. The Labute approximate surface area is 210 Å². The van der Waals surface area contributed by atoms with Gasteiger partial charge in [-0.2, -0.15) is 0 Å². The molecule has 2 amide bonds. The van der Waals surface area contributed by atoms with Gasteiger partial charge in [0.05, 0.1) is 17.3 Å². The fourth-order valence-corrected chi connectivity index (χ4v) is 4.61. The third-order valence-corrected chi connectivity index (χ3v) is 6.83. The summed E-state index contributed by atoms with van der Waals surface area (Å²) in [7, 11) is 0. The molecule has 2 N–H and O–H groups in total. The van der Waals surface area contributed by atoms with Gasteiger partial charge >= 0.3 is 0 Å². The third-order valence-electron chi connectivity index (χ3n) is 6.48. The molecule has 4 rings (SSSR count). The minimum atomic E-state index is -0.311. The number of hydrogen-bond acceptors (Lipinski definition) is 3. The third kappa shape index (κ3) is 6.27. The van der Waals surface area contributed by atoms with E-state index in [-0.39, 0.29) is 29.6 Å². The molecule has 1 heterocycles. The highest BCUT2D eigenvalue weighted by Crippen LogP contribution is 2.26. The first-order chi connectivity index (χ1) is 16.9. The number of nitrogens with one attached hydrogen (secondary N) is 2. The Bertz CT molecular complexity index is 1160. The maximum absolute atomic E-state index is 14.1. The molecular weight excluding hydrogens is 465 g/mol. The minimum absolute atomic E-state index is 0.107. The highest BCUT2D eigenvalue weighted by Gasteiger charge is 2.27. The lowest BCUT2D eigenvalue weighted by atomic mass is 9.95. The van der Waals surface area contributed by atoms with Gasteiger partial charge in [0.15, 0.2) is 0 Å². The summed E-state index contributed by atoms with van der Waals surface area (Å²) < 4.78 is 14.1. The summed E-state index contributed by atoms with van der Waals surface area (Å²) in [6.07, 6.45) is 1.30. The number of carbonyl (C=O) groups excluding carboxylic acids is 2. The molecule has 0 bridgehead atoms. The maximum Gasteiger partial charge on any atom is 0.253 e. The Morgan fingerprint density at radius 2 is 1.69 bits per heavy atom. The summed E-state index contributed by atoms with van der Waals surface area (Å²) in [5, 5.41) is 6.38. The molecule has 3 aromatic carbocycles. The topological polar surface area (TPSA) is 61.4 Å². The quantitative estimate of drug-likeness (QED) is 0.436. The highest BCUT2D eigenvalue weighted by molar-refractivity contribution is 6.31. The summed E-state index contributed by atoms with van der Waals surface area (Å²) in [6.45, 7) is 3.68. The molecule has 1 atom stereocenters. The Morgan fingerprint density at radius 1 is 1.00 bits per heavy atom. The van der Waals surface area contributed by atoms with Crippen LogP contribution in [0.25, 0.3) is 0 Å². The number of amides is 2. The summed E-state index contributed by atoms with van der Waals surface area (Å²) in [5.41, 5.74) is 2.42. The van der Waals surface area contributed by atoms with Crippen LogP contribution < -0.4 is 10.6 Å². The highest BCUT2D eigenvalue weighted by atomic mass is 35.5. The van der Waals surface area contributed by atoms with Crippen molar-refractivity contribution in [3.63, 3.8) is 0 Å². The van der Waals surface area contributed by atoms with Crippen molar-refractivity contribution in [2.24, 2.45) is 5.92 Å². The summed E-state index contributed by atoms with van der Waals surface area (Å²) >= 11 is 6.16. The molecule has 0 radical (unpaired) electrons. The van der Waals surface area contributed by atoms with Crippen molar-refractivity contribution in [1.82, 2.24) is 10.2 Å². The van der Waals surface area contributed by atoms with Crippen molar-refractivity contribution in [3.05, 3.63) is 100 Å². The number of benzene rings is 3. The number of halogens is 2. The molecule has 1 saturated heterocycles. The largest absolute Gasteiger partial charge is 0.345 e. The Balaban J connectivity index is 1.35. The average Bonchev–Trinajstić information content (AvgIpc) is 2.87. The van der Waals surface area contributed by atoms with Crippen LogP contribution in [0.4, 0.5) is 10.1 Å².